The summed E-state index contributed by atoms with van der Waals surface area (Å²) < 4.78 is 5.38. The smallest absolute Gasteiger partial charge is 0.236 e. The first-order valence-electron chi connectivity index (χ1n) is 8.29. The van der Waals surface area contributed by atoms with Crippen molar-refractivity contribution < 1.29 is 14.1 Å². The summed E-state index contributed by atoms with van der Waals surface area (Å²) in [6.07, 6.45) is 3.39. The van der Waals surface area contributed by atoms with Gasteiger partial charge in [0.05, 0.1) is 18.3 Å². The normalized spacial score (nSPS) is 23.3. The summed E-state index contributed by atoms with van der Waals surface area (Å²) in [5.41, 5.74) is 6.21. The highest BCUT2D eigenvalue weighted by Gasteiger charge is 2.33. The number of amides is 2. The Morgan fingerprint density at radius 1 is 1.30 bits per heavy atom. The Bertz CT molecular complexity index is 578. The first kappa shape index (κ1) is 16.0. The minimum Gasteiger partial charge on any atom is -0.369 e. The van der Waals surface area contributed by atoms with Crippen molar-refractivity contribution in [1.82, 2.24) is 15.0 Å². The van der Waals surface area contributed by atoms with E-state index in [1.807, 2.05) is 17.9 Å². The second-order valence-corrected chi connectivity index (χ2v) is 6.56. The Kier molecular flexibility index (Phi) is 4.66. The number of hydrogen-bond acceptors (Lipinski definition) is 5. The van der Waals surface area contributed by atoms with E-state index in [0.717, 1.165) is 30.8 Å². The zero-order valence-corrected chi connectivity index (χ0v) is 13.5. The topological polar surface area (TPSA) is 92.7 Å². The van der Waals surface area contributed by atoms with Crippen molar-refractivity contribution in [2.45, 2.75) is 38.6 Å². The average molecular weight is 320 g/mol. The number of primary amides is 1. The van der Waals surface area contributed by atoms with E-state index >= 15 is 0 Å². The zero-order chi connectivity index (χ0) is 16.4. The van der Waals surface area contributed by atoms with Gasteiger partial charge in [0, 0.05) is 25.1 Å². The van der Waals surface area contributed by atoms with Crippen molar-refractivity contribution >= 4 is 11.8 Å². The molecule has 0 unspecified atom stereocenters. The molecular weight excluding hydrogens is 296 g/mol. The standard InChI is InChI=1S/C16H24N4O3/c1-11-9-14(23-18-11)13-3-2-6-20(13)10-15(21)19-7-4-12(5-8-19)16(17)22/h9,12-13H,2-8,10H2,1H3,(H2,17,22)/t13-/m1/s1. The maximum Gasteiger partial charge on any atom is 0.236 e. The lowest BCUT2D eigenvalue weighted by Crippen LogP contribution is -2.45. The van der Waals surface area contributed by atoms with Crippen LogP contribution < -0.4 is 5.73 Å². The summed E-state index contributed by atoms with van der Waals surface area (Å²) in [4.78, 5) is 27.8. The molecule has 126 valence electrons. The van der Waals surface area contributed by atoms with Crippen LogP contribution in [0.4, 0.5) is 0 Å². The number of aromatic nitrogens is 1. The highest BCUT2D eigenvalue weighted by atomic mass is 16.5. The Labute approximate surface area is 135 Å². The minimum atomic E-state index is -0.252. The molecule has 3 rings (SSSR count). The molecular formula is C16H24N4O3. The molecule has 1 aromatic heterocycles. The van der Waals surface area contributed by atoms with E-state index in [-0.39, 0.29) is 23.8 Å². The summed E-state index contributed by atoms with van der Waals surface area (Å²) in [5.74, 6) is 0.629. The van der Waals surface area contributed by atoms with E-state index in [1.54, 1.807) is 0 Å². The molecule has 2 saturated heterocycles. The Balaban J connectivity index is 1.56. The van der Waals surface area contributed by atoms with E-state index < -0.39 is 0 Å². The van der Waals surface area contributed by atoms with Gasteiger partial charge in [0.1, 0.15) is 0 Å². The molecule has 1 aromatic rings. The van der Waals surface area contributed by atoms with Crippen molar-refractivity contribution in [1.29, 1.82) is 0 Å². The van der Waals surface area contributed by atoms with E-state index in [4.69, 9.17) is 10.3 Å². The van der Waals surface area contributed by atoms with Crippen LogP contribution in [-0.2, 0) is 9.59 Å². The van der Waals surface area contributed by atoms with Gasteiger partial charge in [-0.15, -0.1) is 0 Å². The number of piperidine rings is 1. The molecule has 2 aliphatic heterocycles. The third kappa shape index (κ3) is 3.55. The van der Waals surface area contributed by atoms with Crippen molar-refractivity contribution in [3.8, 4) is 0 Å². The maximum atomic E-state index is 12.5. The van der Waals surface area contributed by atoms with Gasteiger partial charge < -0.3 is 15.2 Å². The third-order valence-electron chi connectivity index (χ3n) is 4.93. The molecule has 0 aromatic carbocycles. The van der Waals surface area contributed by atoms with E-state index in [0.29, 0.717) is 32.5 Å². The van der Waals surface area contributed by atoms with Crippen LogP contribution in [0.3, 0.4) is 0 Å². The molecule has 2 N–H and O–H groups in total. The summed E-state index contributed by atoms with van der Waals surface area (Å²) in [7, 11) is 0. The van der Waals surface area contributed by atoms with Crippen LogP contribution in [0.2, 0.25) is 0 Å². The lowest BCUT2D eigenvalue weighted by Gasteiger charge is -2.32. The van der Waals surface area contributed by atoms with Crippen LogP contribution in [0.5, 0.6) is 0 Å². The highest BCUT2D eigenvalue weighted by Crippen LogP contribution is 2.32. The molecule has 2 amide bonds. The first-order chi connectivity index (χ1) is 11.0. The van der Waals surface area contributed by atoms with Crippen molar-refractivity contribution in [2.24, 2.45) is 11.7 Å². The number of rotatable bonds is 4. The predicted molar refractivity (Wildman–Crippen MR) is 83.3 cm³/mol. The second kappa shape index (κ2) is 6.70. The van der Waals surface area contributed by atoms with Crippen molar-refractivity contribution in [3.05, 3.63) is 17.5 Å². The van der Waals surface area contributed by atoms with Crippen LogP contribution in [0, 0.1) is 12.8 Å². The predicted octanol–water partition coefficient (Wildman–Crippen LogP) is 0.844. The van der Waals surface area contributed by atoms with Crippen molar-refractivity contribution in [3.63, 3.8) is 0 Å². The lowest BCUT2D eigenvalue weighted by molar-refractivity contribution is -0.136. The largest absolute Gasteiger partial charge is 0.369 e. The lowest BCUT2D eigenvalue weighted by atomic mass is 9.96. The van der Waals surface area contributed by atoms with Gasteiger partial charge in [-0.3, -0.25) is 14.5 Å². The molecule has 23 heavy (non-hydrogen) atoms. The van der Waals surface area contributed by atoms with Crippen LogP contribution >= 0.6 is 0 Å². The molecule has 0 spiro atoms. The van der Waals surface area contributed by atoms with Crippen LogP contribution in [0.15, 0.2) is 10.6 Å². The van der Waals surface area contributed by atoms with Crippen LogP contribution in [0.25, 0.3) is 0 Å². The number of carbonyl (C=O) groups is 2. The number of likely N-dealkylation sites (tertiary alicyclic amines) is 2. The fourth-order valence-electron chi connectivity index (χ4n) is 3.57. The van der Waals surface area contributed by atoms with Gasteiger partial charge in [-0.2, -0.15) is 0 Å². The molecule has 3 heterocycles. The molecule has 0 bridgehead atoms. The molecule has 2 fully saturated rings. The van der Waals surface area contributed by atoms with Gasteiger partial charge in [-0.25, -0.2) is 0 Å². The minimum absolute atomic E-state index is 0.0873. The average Bonchev–Trinajstić information content (AvgIpc) is 3.16. The van der Waals surface area contributed by atoms with Gasteiger partial charge in [0.25, 0.3) is 0 Å². The summed E-state index contributed by atoms with van der Waals surface area (Å²) in [5, 5.41) is 3.95. The van der Waals surface area contributed by atoms with Gasteiger partial charge in [0.15, 0.2) is 5.76 Å². The molecule has 0 saturated carbocycles. The SMILES string of the molecule is Cc1cc([C@H]2CCCN2CC(=O)N2CCC(C(N)=O)CC2)on1. The van der Waals surface area contributed by atoms with Crippen LogP contribution in [0.1, 0.15) is 43.2 Å². The summed E-state index contributed by atoms with van der Waals surface area (Å²) in [6.45, 7) is 4.43. The van der Waals surface area contributed by atoms with E-state index in [2.05, 4.69) is 10.1 Å². The number of aryl methyl sites for hydroxylation is 1. The van der Waals surface area contributed by atoms with Gasteiger partial charge in [-0.05, 0) is 39.2 Å². The second-order valence-electron chi connectivity index (χ2n) is 6.56. The first-order valence-corrected chi connectivity index (χ1v) is 8.29. The Morgan fingerprint density at radius 3 is 2.65 bits per heavy atom. The van der Waals surface area contributed by atoms with E-state index in [1.165, 1.54) is 0 Å². The quantitative estimate of drug-likeness (QED) is 0.887. The van der Waals surface area contributed by atoms with Crippen molar-refractivity contribution in [2.75, 3.05) is 26.2 Å². The zero-order valence-electron chi connectivity index (χ0n) is 13.5. The van der Waals surface area contributed by atoms with E-state index in [9.17, 15) is 9.59 Å². The van der Waals surface area contributed by atoms with Crippen LogP contribution in [-0.4, -0.2) is 52.9 Å². The fraction of sp³-hybridized carbons (Fsp3) is 0.688. The Hall–Kier alpha value is -1.89. The molecule has 0 aliphatic carbocycles. The fourth-order valence-corrected chi connectivity index (χ4v) is 3.57. The summed E-state index contributed by atoms with van der Waals surface area (Å²) in [6, 6.07) is 2.09. The molecule has 0 radical (unpaired) electrons. The molecule has 2 aliphatic rings. The number of nitrogens with zero attached hydrogens (tertiary/aromatic N) is 3. The summed E-state index contributed by atoms with van der Waals surface area (Å²) >= 11 is 0. The number of nitrogens with two attached hydrogens (primary N) is 1. The third-order valence-corrected chi connectivity index (χ3v) is 4.93. The molecule has 1 atom stereocenters. The molecule has 7 heteroatoms. The van der Waals surface area contributed by atoms with Gasteiger partial charge in [-0.1, -0.05) is 5.16 Å². The monoisotopic (exact) mass is 320 g/mol. The Morgan fingerprint density at radius 2 is 2.04 bits per heavy atom. The number of carbonyl (C=O) groups excluding carboxylic acids is 2. The number of hydrogen-bond donors (Lipinski definition) is 1. The highest BCUT2D eigenvalue weighted by molar-refractivity contribution is 5.80. The molecule has 7 nitrogen and oxygen atoms in total. The van der Waals surface area contributed by atoms with Gasteiger partial charge >= 0.3 is 0 Å². The van der Waals surface area contributed by atoms with Gasteiger partial charge in [0.2, 0.25) is 11.8 Å². The maximum absolute atomic E-state index is 12.5.